The normalized spacial score (nSPS) is 43.4. The third kappa shape index (κ3) is 1.02. The predicted octanol–water partition coefficient (Wildman–Crippen LogP) is 2.29. The van der Waals surface area contributed by atoms with E-state index in [1.807, 2.05) is 0 Å². The Bertz CT molecular complexity index is 206. The average molecular weight is 173 g/mol. The van der Waals surface area contributed by atoms with E-state index in [0.29, 0.717) is 11.8 Å². The van der Waals surface area contributed by atoms with Crippen LogP contribution in [0.1, 0.15) is 26.2 Å². The van der Waals surface area contributed by atoms with Crippen LogP contribution in [0.15, 0.2) is 10.6 Å². The van der Waals surface area contributed by atoms with E-state index in [2.05, 4.69) is 6.92 Å². The lowest BCUT2D eigenvalue weighted by Gasteiger charge is -2.25. The minimum atomic E-state index is -0.351. The standard InChI is InChI=1S/C9H13ClO/c1-5-6-2-3-7(4-6)9(11)8(5)10/h6-7,9,11H,2-4H2,1H3. The molecule has 0 aromatic heterocycles. The zero-order chi connectivity index (χ0) is 8.01. The summed E-state index contributed by atoms with van der Waals surface area (Å²) in [6, 6.07) is 0. The van der Waals surface area contributed by atoms with Crippen molar-refractivity contribution in [3.05, 3.63) is 10.6 Å². The number of aliphatic hydroxyl groups excluding tert-OH is 1. The molecule has 1 fully saturated rings. The van der Waals surface area contributed by atoms with Gasteiger partial charge in [0.05, 0.1) is 6.10 Å². The molecular formula is C9H13ClO. The van der Waals surface area contributed by atoms with Crippen LogP contribution in [0.2, 0.25) is 0 Å². The minimum Gasteiger partial charge on any atom is -0.387 e. The highest BCUT2D eigenvalue weighted by molar-refractivity contribution is 6.30. The molecule has 0 aliphatic heterocycles. The Balaban J connectivity index is 2.34. The summed E-state index contributed by atoms with van der Waals surface area (Å²) in [5, 5.41) is 10.4. The second-order valence-electron chi connectivity index (χ2n) is 3.75. The second kappa shape index (κ2) is 2.49. The number of allylic oxidation sites excluding steroid dienone is 1. The molecule has 0 saturated heterocycles. The summed E-state index contributed by atoms with van der Waals surface area (Å²) < 4.78 is 0. The summed E-state index contributed by atoms with van der Waals surface area (Å²) in [7, 11) is 0. The number of hydrogen-bond acceptors (Lipinski definition) is 1. The summed E-state index contributed by atoms with van der Waals surface area (Å²) in [6.45, 7) is 2.05. The lowest BCUT2D eigenvalue weighted by molar-refractivity contribution is 0.142. The molecule has 0 amide bonds. The first-order chi connectivity index (χ1) is 5.20. The largest absolute Gasteiger partial charge is 0.387 e. The molecule has 0 heterocycles. The van der Waals surface area contributed by atoms with E-state index < -0.39 is 0 Å². The summed E-state index contributed by atoms with van der Waals surface area (Å²) in [5.74, 6) is 1.13. The van der Waals surface area contributed by atoms with Crippen molar-refractivity contribution in [2.24, 2.45) is 11.8 Å². The quantitative estimate of drug-likeness (QED) is 0.595. The van der Waals surface area contributed by atoms with Crippen LogP contribution in [-0.4, -0.2) is 11.2 Å². The van der Waals surface area contributed by atoms with Gasteiger partial charge in [-0.25, -0.2) is 0 Å². The van der Waals surface area contributed by atoms with Crippen molar-refractivity contribution < 1.29 is 5.11 Å². The first kappa shape index (κ1) is 7.63. The third-order valence-electron chi connectivity index (χ3n) is 3.17. The van der Waals surface area contributed by atoms with E-state index >= 15 is 0 Å². The monoisotopic (exact) mass is 172 g/mol. The van der Waals surface area contributed by atoms with Gasteiger partial charge in [-0.2, -0.15) is 0 Å². The van der Waals surface area contributed by atoms with Crippen LogP contribution in [0, 0.1) is 11.8 Å². The Labute approximate surface area is 72.1 Å². The summed E-state index contributed by atoms with van der Waals surface area (Å²) >= 11 is 5.98. The fraction of sp³-hybridized carbons (Fsp3) is 0.778. The number of hydrogen-bond donors (Lipinski definition) is 1. The van der Waals surface area contributed by atoms with Crippen LogP contribution in [0.4, 0.5) is 0 Å². The molecule has 0 aromatic rings. The molecule has 0 radical (unpaired) electrons. The second-order valence-corrected chi connectivity index (χ2v) is 4.15. The van der Waals surface area contributed by atoms with Gasteiger partial charge in [-0.05, 0) is 38.0 Å². The van der Waals surface area contributed by atoms with Gasteiger partial charge in [0.1, 0.15) is 0 Å². The molecule has 1 nitrogen and oxygen atoms in total. The van der Waals surface area contributed by atoms with Crippen molar-refractivity contribution in [2.75, 3.05) is 0 Å². The van der Waals surface area contributed by atoms with Gasteiger partial charge >= 0.3 is 0 Å². The highest BCUT2D eigenvalue weighted by Gasteiger charge is 2.38. The zero-order valence-electron chi connectivity index (χ0n) is 6.68. The first-order valence-electron chi connectivity index (χ1n) is 4.24. The van der Waals surface area contributed by atoms with Gasteiger partial charge in [-0.3, -0.25) is 0 Å². The number of aliphatic hydroxyl groups is 1. The van der Waals surface area contributed by atoms with Crippen molar-refractivity contribution in [1.29, 1.82) is 0 Å². The predicted molar refractivity (Wildman–Crippen MR) is 45.4 cm³/mol. The van der Waals surface area contributed by atoms with Crippen LogP contribution in [0.3, 0.4) is 0 Å². The lowest BCUT2D eigenvalue weighted by atomic mass is 9.87. The molecule has 2 bridgehead atoms. The Hall–Kier alpha value is -0.0100. The van der Waals surface area contributed by atoms with Gasteiger partial charge in [0, 0.05) is 5.03 Å². The Kier molecular flexibility index (Phi) is 1.73. The van der Waals surface area contributed by atoms with Crippen LogP contribution in [-0.2, 0) is 0 Å². The fourth-order valence-electron chi connectivity index (χ4n) is 2.33. The fourth-order valence-corrected chi connectivity index (χ4v) is 2.66. The Morgan fingerprint density at radius 3 is 2.91 bits per heavy atom. The maximum Gasteiger partial charge on any atom is 0.0923 e. The van der Waals surface area contributed by atoms with Gasteiger partial charge in [-0.15, -0.1) is 0 Å². The van der Waals surface area contributed by atoms with E-state index in [1.165, 1.54) is 12.0 Å². The molecule has 2 aliphatic rings. The Morgan fingerprint density at radius 1 is 1.45 bits per heavy atom. The molecule has 1 saturated carbocycles. The van der Waals surface area contributed by atoms with Gasteiger partial charge in [0.2, 0.25) is 0 Å². The van der Waals surface area contributed by atoms with Crippen molar-refractivity contribution in [3.8, 4) is 0 Å². The molecular weight excluding hydrogens is 160 g/mol. The van der Waals surface area contributed by atoms with E-state index in [-0.39, 0.29) is 6.10 Å². The van der Waals surface area contributed by atoms with Crippen LogP contribution < -0.4 is 0 Å². The summed E-state index contributed by atoms with van der Waals surface area (Å²) in [4.78, 5) is 0. The van der Waals surface area contributed by atoms with Crippen LogP contribution in [0.25, 0.3) is 0 Å². The van der Waals surface area contributed by atoms with Gasteiger partial charge < -0.3 is 5.11 Å². The average Bonchev–Trinajstić information content (AvgIpc) is 2.44. The van der Waals surface area contributed by atoms with Gasteiger partial charge in [0.25, 0.3) is 0 Å². The molecule has 0 aromatic carbocycles. The van der Waals surface area contributed by atoms with Crippen LogP contribution in [0.5, 0.6) is 0 Å². The van der Waals surface area contributed by atoms with Crippen molar-refractivity contribution in [1.82, 2.24) is 0 Å². The summed E-state index contributed by atoms with van der Waals surface area (Å²) in [6.07, 6.45) is 3.18. The highest BCUT2D eigenvalue weighted by Crippen LogP contribution is 2.46. The maximum atomic E-state index is 9.64. The molecule has 2 rings (SSSR count). The van der Waals surface area contributed by atoms with E-state index in [9.17, 15) is 5.11 Å². The molecule has 3 unspecified atom stereocenters. The van der Waals surface area contributed by atoms with Crippen molar-refractivity contribution in [2.45, 2.75) is 32.3 Å². The van der Waals surface area contributed by atoms with Gasteiger partial charge in [-0.1, -0.05) is 17.2 Å². The molecule has 11 heavy (non-hydrogen) atoms. The lowest BCUT2D eigenvalue weighted by Crippen LogP contribution is -2.23. The number of halogens is 1. The topological polar surface area (TPSA) is 20.2 Å². The van der Waals surface area contributed by atoms with Crippen LogP contribution >= 0.6 is 11.6 Å². The van der Waals surface area contributed by atoms with Gasteiger partial charge in [0.15, 0.2) is 0 Å². The number of fused-ring (bicyclic) bond motifs is 2. The highest BCUT2D eigenvalue weighted by atomic mass is 35.5. The summed E-state index contributed by atoms with van der Waals surface area (Å²) in [5.41, 5.74) is 1.23. The molecule has 3 atom stereocenters. The minimum absolute atomic E-state index is 0.351. The SMILES string of the molecule is CC1=C(Cl)C(O)C2CCC1C2. The maximum absolute atomic E-state index is 9.64. The first-order valence-corrected chi connectivity index (χ1v) is 4.62. The van der Waals surface area contributed by atoms with E-state index in [1.54, 1.807) is 0 Å². The third-order valence-corrected chi connectivity index (χ3v) is 3.69. The Morgan fingerprint density at radius 2 is 2.18 bits per heavy atom. The van der Waals surface area contributed by atoms with Crippen molar-refractivity contribution in [3.63, 3.8) is 0 Å². The number of rotatable bonds is 0. The zero-order valence-corrected chi connectivity index (χ0v) is 7.43. The van der Waals surface area contributed by atoms with E-state index in [0.717, 1.165) is 17.9 Å². The smallest absolute Gasteiger partial charge is 0.0923 e. The van der Waals surface area contributed by atoms with Crippen molar-refractivity contribution >= 4 is 11.6 Å². The molecule has 0 spiro atoms. The molecule has 2 heteroatoms. The molecule has 1 N–H and O–H groups in total. The molecule has 2 aliphatic carbocycles. The van der Waals surface area contributed by atoms with E-state index in [4.69, 9.17) is 11.6 Å². The molecule has 62 valence electrons.